The Bertz CT molecular complexity index is 402. The molecule has 0 radical (unpaired) electrons. The summed E-state index contributed by atoms with van der Waals surface area (Å²) in [6.07, 6.45) is 5.09. The zero-order valence-corrected chi connectivity index (χ0v) is 12.8. The number of nitrogens with zero attached hydrogens (tertiary/aromatic N) is 1. The summed E-state index contributed by atoms with van der Waals surface area (Å²) >= 11 is 0. The van der Waals surface area contributed by atoms with E-state index in [-0.39, 0.29) is 11.6 Å². The summed E-state index contributed by atoms with van der Waals surface area (Å²) in [6.45, 7) is 0.594. The molecular weight excluding hydrogens is 264 g/mol. The molecule has 1 aliphatic heterocycles. The van der Waals surface area contributed by atoms with Gasteiger partial charge in [0.05, 0.1) is 17.6 Å². The van der Waals surface area contributed by atoms with Gasteiger partial charge in [0.1, 0.15) is 0 Å². The Hall–Kier alpha value is -0.170. The second kappa shape index (κ2) is 5.68. The lowest BCUT2D eigenvalue weighted by molar-refractivity contribution is -0.00911. The number of hydrogen-bond donors (Lipinski definition) is 1. The quantitative estimate of drug-likeness (QED) is 0.811. The Morgan fingerprint density at radius 1 is 1.32 bits per heavy atom. The van der Waals surface area contributed by atoms with Crippen molar-refractivity contribution >= 4 is 9.84 Å². The minimum atomic E-state index is -2.84. The van der Waals surface area contributed by atoms with Gasteiger partial charge in [-0.2, -0.15) is 0 Å². The van der Waals surface area contributed by atoms with Gasteiger partial charge in [-0.25, -0.2) is 8.42 Å². The van der Waals surface area contributed by atoms with Gasteiger partial charge in [-0.1, -0.05) is 0 Å². The van der Waals surface area contributed by atoms with Crippen molar-refractivity contribution in [2.75, 3.05) is 32.2 Å². The molecule has 112 valence electrons. The highest BCUT2D eigenvalue weighted by Gasteiger charge is 2.43. The molecule has 5 nitrogen and oxygen atoms in total. The van der Waals surface area contributed by atoms with Crippen molar-refractivity contribution in [1.29, 1.82) is 0 Å². The number of nitrogens with two attached hydrogens (primary N) is 1. The van der Waals surface area contributed by atoms with Crippen molar-refractivity contribution in [1.82, 2.24) is 4.90 Å². The standard InChI is InChI=1S/C13H26N2O3S/c1-15(11-5-8-19(16,17)9-11)13(10-14)6-3-12(18-2)4-7-13/h11-12H,3-10,14H2,1-2H3. The molecule has 0 aromatic rings. The molecule has 2 fully saturated rings. The molecule has 1 atom stereocenters. The van der Waals surface area contributed by atoms with Gasteiger partial charge in [0.25, 0.3) is 0 Å². The average molecular weight is 290 g/mol. The highest BCUT2D eigenvalue weighted by atomic mass is 32.2. The van der Waals surface area contributed by atoms with Crippen molar-refractivity contribution in [3.05, 3.63) is 0 Å². The van der Waals surface area contributed by atoms with Crippen molar-refractivity contribution in [3.8, 4) is 0 Å². The molecule has 0 amide bonds. The Morgan fingerprint density at radius 3 is 2.37 bits per heavy atom. The van der Waals surface area contributed by atoms with Gasteiger partial charge in [-0.15, -0.1) is 0 Å². The monoisotopic (exact) mass is 290 g/mol. The molecular formula is C13H26N2O3S. The van der Waals surface area contributed by atoms with Crippen LogP contribution in [0.1, 0.15) is 32.1 Å². The first-order chi connectivity index (χ1) is 8.92. The number of sulfone groups is 1. The van der Waals surface area contributed by atoms with Gasteiger partial charge >= 0.3 is 0 Å². The molecule has 1 unspecified atom stereocenters. The second-order valence-electron chi connectivity index (χ2n) is 6.03. The molecule has 2 aliphatic rings. The summed E-state index contributed by atoms with van der Waals surface area (Å²) in [7, 11) is 0.968. The van der Waals surface area contributed by atoms with Crippen LogP contribution >= 0.6 is 0 Å². The first-order valence-corrected chi connectivity index (χ1v) is 8.91. The molecule has 0 aromatic heterocycles. The fraction of sp³-hybridized carbons (Fsp3) is 1.00. The van der Waals surface area contributed by atoms with Crippen LogP contribution in [-0.2, 0) is 14.6 Å². The maximum atomic E-state index is 11.6. The first kappa shape index (κ1) is 15.2. The predicted molar refractivity (Wildman–Crippen MR) is 75.9 cm³/mol. The molecule has 6 heteroatoms. The number of methoxy groups -OCH3 is 1. The fourth-order valence-electron chi connectivity index (χ4n) is 3.53. The lowest BCUT2D eigenvalue weighted by Crippen LogP contribution is -2.58. The summed E-state index contributed by atoms with van der Waals surface area (Å²) in [4.78, 5) is 2.25. The van der Waals surface area contributed by atoms with E-state index >= 15 is 0 Å². The molecule has 19 heavy (non-hydrogen) atoms. The number of ether oxygens (including phenoxy) is 1. The van der Waals surface area contributed by atoms with E-state index in [2.05, 4.69) is 4.90 Å². The fourth-order valence-corrected chi connectivity index (χ4v) is 5.31. The SMILES string of the molecule is COC1CCC(CN)(N(C)C2CCS(=O)(=O)C2)CC1. The maximum absolute atomic E-state index is 11.6. The molecule has 1 aliphatic carbocycles. The second-order valence-corrected chi connectivity index (χ2v) is 8.26. The third kappa shape index (κ3) is 3.12. The molecule has 0 bridgehead atoms. The Balaban J connectivity index is 2.05. The lowest BCUT2D eigenvalue weighted by atomic mass is 9.78. The number of likely N-dealkylation sites (N-methyl/N-ethyl adjacent to an activating group) is 1. The van der Waals surface area contributed by atoms with Gasteiger partial charge in [-0.05, 0) is 39.2 Å². The van der Waals surface area contributed by atoms with Gasteiger partial charge in [0, 0.05) is 25.2 Å². The van der Waals surface area contributed by atoms with E-state index in [4.69, 9.17) is 10.5 Å². The van der Waals surface area contributed by atoms with Gasteiger partial charge in [0.15, 0.2) is 9.84 Å². The minimum absolute atomic E-state index is 0.0421. The van der Waals surface area contributed by atoms with Crippen LogP contribution in [0.2, 0.25) is 0 Å². The molecule has 1 heterocycles. The minimum Gasteiger partial charge on any atom is -0.381 e. The Morgan fingerprint density at radius 2 is 1.95 bits per heavy atom. The number of rotatable bonds is 4. The molecule has 0 aromatic carbocycles. The Labute approximate surface area is 116 Å². The van der Waals surface area contributed by atoms with Crippen LogP contribution in [0, 0.1) is 0 Å². The lowest BCUT2D eigenvalue weighted by Gasteiger charge is -2.48. The van der Waals surface area contributed by atoms with E-state index in [0.29, 0.717) is 24.2 Å². The van der Waals surface area contributed by atoms with Crippen LogP contribution in [0.15, 0.2) is 0 Å². The van der Waals surface area contributed by atoms with Crippen molar-refractivity contribution < 1.29 is 13.2 Å². The largest absolute Gasteiger partial charge is 0.381 e. The van der Waals surface area contributed by atoms with Gasteiger partial charge in [0.2, 0.25) is 0 Å². The van der Waals surface area contributed by atoms with Crippen molar-refractivity contribution in [2.24, 2.45) is 5.73 Å². The smallest absolute Gasteiger partial charge is 0.151 e. The van der Waals surface area contributed by atoms with Crippen LogP contribution < -0.4 is 5.73 Å². The van der Waals surface area contributed by atoms with Crippen LogP contribution in [-0.4, -0.2) is 63.2 Å². The highest BCUT2D eigenvalue weighted by molar-refractivity contribution is 7.91. The van der Waals surface area contributed by atoms with Crippen molar-refractivity contribution in [3.63, 3.8) is 0 Å². The number of hydrogen-bond acceptors (Lipinski definition) is 5. The molecule has 0 spiro atoms. The third-order valence-electron chi connectivity index (χ3n) is 5.08. The molecule has 1 saturated carbocycles. The zero-order valence-electron chi connectivity index (χ0n) is 12.0. The van der Waals surface area contributed by atoms with Gasteiger partial charge < -0.3 is 10.5 Å². The molecule has 2 N–H and O–H groups in total. The summed E-state index contributed by atoms with van der Waals surface area (Å²) in [5.74, 6) is 0.613. The van der Waals surface area contributed by atoms with Crippen LogP contribution in [0.4, 0.5) is 0 Å². The summed E-state index contributed by atoms with van der Waals surface area (Å²) in [5, 5.41) is 0. The Kier molecular flexibility index (Phi) is 4.55. The summed E-state index contributed by atoms with van der Waals surface area (Å²) < 4.78 is 28.7. The molecule has 2 rings (SSSR count). The summed E-state index contributed by atoms with van der Waals surface area (Å²) in [6, 6.07) is 0.132. The third-order valence-corrected chi connectivity index (χ3v) is 6.83. The van der Waals surface area contributed by atoms with E-state index in [9.17, 15) is 8.42 Å². The molecule has 1 saturated heterocycles. The van der Waals surface area contributed by atoms with E-state index in [0.717, 1.165) is 32.1 Å². The zero-order chi connectivity index (χ0) is 14.1. The highest BCUT2D eigenvalue weighted by Crippen LogP contribution is 2.36. The van der Waals surface area contributed by atoms with Gasteiger partial charge in [-0.3, -0.25) is 4.90 Å². The van der Waals surface area contributed by atoms with E-state index in [1.165, 1.54) is 0 Å². The maximum Gasteiger partial charge on any atom is 0.151 e. The van der Waals surface area contributed by atoms with E-state index < -0.39 is 9.84 Å². The van der Waals surface area contributed by atoms with Crippen LogP contribution in [0.25, 0.3) is 0 Å². The predicted octanol–water partition coefficient (Wildman–Crippen LogP) is 0.392. The normalized spacial score (nSPS) is 38.7. The topological polar surface area (TPSA) is 72.6 Å². The van der Waals surface area contributed by atoms with E-state index in [1.54, 1.807) is 7.11 Å². The first-order valence-electron chi connectivity index (χ1n) is 7.09. The van der Waals surface area contributed by atoms with Crippen molar-refractivity contribution in [2.45, 2.75) is 49.8 Å². The van der Waals surface area contributed by atoms with E-state index in [1.807, 2.05) is 7.05 Å². The van der Waals surface area contributed by atoms with Crippen LogP contribution in [0.5, 0.6) is 0 Å². The van der Waals surface area contributed by atoms with Crippen LogP contribution in [0.3, 0.4) is 0 Å². The average Bonchev–Trinajstić information content (AvgIpc) is 2.78. The summed E-state index contributed by atoms with van der Waals surface area (Å²) in [5.41, 5.74) is 5.99.